The van der Waals surface area contributed by atoms with E-state index in [1.807, 2.05) is 18.2 Å². The van der Waals surface area contributed by atoms with Gasteiger partial charge in [0.25, 0.3) is 12.4 Å². The number of likely N-dealkylation sites (tertiary alicyclic amines) is 1. The third-order valence-electron chi connectivity index (χ3n) is 5.59. The van der Waals surface area contributed by atoms with Crippen molar-refractivity contribution < 1.29 is 19.1 Å². The summed E-state index contributed by atoms with van der Waals surface area (Å²) in [5, 5.41) is 18.1. The first-order valence-corrected chi connectivity index (χ1v) is 9.07. The van der Waals surface area contributed by atoms with Gasteiger partial charge in [0.2, 0.25) is 5.89 Å². The van der Waals surface area contributed by atoms with Gasteiger partial charge in [-0.25, -0.2) is 4.98 Å². The van der Waals surface area contributed by atoms with Gasteiger partial charge in [-0.3, -0.25) is 14.7 Å². The van der Waals surface area contributed by atoms with Crippen molar-refractivity contribution in [3.8, 4) is 11.5 Å². The van der Waals surface area contributed by atoms with Crippen LogP contribution in [0.25, 0.3) is 22.4 Å². The zero-order chi connectivity index (χ0) is 19.7. The highest BCUT2D eigenvalue weighted by Crippen LogP contribution is 2.36. The SMILES string of the molecule is CN1CC2CC1CC2NC(=O)c1n[nH]c2cc(-c3ncco3)ccc12.O=CO. The number of rotatable bonds is 3. The van der Waals surface area contributed by atoms with Crippen LogP contribution in [0.2, 0.25) is 0 Å². The number of benzene rings is 1. The Balaban J connectivity index is 0.000000604. The Bertz CT molecular complexity index is 982. The van der Waals surface area contributed by atoms with E-state index in [-0.39, 0.29) is 18.4 Å². The highest BCUT2D eigenvalue weighted by Gasteiger charge is 2.43. The molecule has 1 aromatic carbocycles. The number of oxazole rings is 1. The summed E-state index contributed by atoms with van der Waals surface area (Å²) in [5.41, 5.74) is 2.10. The molecule has 0 spiro atoms. The van der Waals surface area contributed by atoms with E-state index in [0.29, 0.717) is 23.5 Å². The number of nitrogens with zero attached hydrogens (tertiary/aromatic N) is 3. The number of H-pyrrole nitrogens is 1. The van der Waals surface area contributed by atoms with Crippen LogP contribution in [-0.2, 0) is 4.79 Å². The molecule has 2 bridgehead atoms. The largest absolute Gasteiger partial charge is 0.483 e. The van der Waals surface area contributed by atoms with Crippen molar-refractivity contribution in [2.75, 3.05) is 13.6 Å². The lowest BCUT2D eigenvalue weighted by Crippen LogP contribution is -2.44. The zero-order valence-electron chi connectivity index (χ0n) is 15.3. The summed E-state index contributed by atoms with van der Waals surface area (Å²) >= 11 is 0. The average molecular weight is 383 g/mol. The van der Waals surface area contributed by atoms with Crippen LogP contribution in [0.4, 0.5) is 0 Å². The van der Waals surface area contributed by atoms with Crippen molar-refractivity contribution in [3.05, 3.63) is 36.4 Å². The molecule has 1 saturated heterocycles. The van der Waals surface area contributed by atoms with Gasteiger partial charge in [-0.2, -0.15) is 5.10 Å². The number of nitrogens with one attached hydrogen (secondary N) is 2. The smallest absolute Gasteiger partial charge is 0.290 e. The Morgan fingerprint density at radius 1 is 1.43 bits per heavy atom. The van der Waals surface area contributed by atoms with Crippen molar-refractivity contribution in [1.82, 2.24) is 25.4 Å². The molecule has 28 heavy (non-hydrogen) atoms. The number of fused-ring (bicyclic) bond motifs is 3. The van der Waals surface area contributed by atoms with E-state index in [0.717, 1.165) is 29.4 Å². The van der Waals surface area contributed by atoms with Crippen LogP contribution < -0.4 is 5.32 Å². The number of hydrogen-bond donors (Lipinski definition) is 3. The van der Waals surface area contributed by atoms with Crippen LogP contribution in [0.3, 0.4) is 0 Å². The van der Waals surface area contributed by atoms with E-state index in [4.69, 9.17) is 14.3 Å². The van der Waals surface area contributed by atoms with E-state index in [1.54, 1.807) is 6.20 Å². The quantitative estimate of drug-likeness (QED) is 0.588. The molecular formula is C19H21N5O4. The summed E-state index contributed by atoms with van der Waals surface area (Å²) in [6.45, 7) is 0.816. The van der Waals surface area contributed by atoms with Crippen LogP contribution in [0.15, 0.2) is 35.1 Å². The highest BCUT2D eigenvalue weighted by molar-refractivity contribution is 6.05. The molecule has 1 aliphatic carbocycles. The lowest BCUT2D eigenvalue weighted by atomic mass is 10.0. The van der Waals surface area contributed by atoms with E-state index in [2.05, 4.69) is 32.4 Å². The predicted octanol–water partition coefficient (Wildman–Crippen LogP) is 1.74. The van der Waals surface area contributed by atoms with Crippen molar-refractivity contribution in [2.24, 2.45) is 5.92 Å². The monoisotopic (exact) mass is 383 g/mol. The molecule has 9 heteroatoms. The zero-order valence-corrected chi connectivity index (χ0v) is 15.3. The molecule has 1 amide bonds. The van der Waals surface area contributed by atoms with Crippen molar-refractivity contribution in [3.63, 3.8) is 0 Å². The minimum absolute atomic E-state index is 0.102. The van der Waals surface area contributed by atoms with E-state index < -0.39 is 0 Å². The summed E-state index contributed by atoms with van der Waals surface area (Å²) in [5.74, 6) is 1.00. The molecule has 1 saturated carbocycles. The molecule has 3 N–H and O–H groups in total. The van der Waals surface area contributed by atoms with Crippen LogP contribution >= 0.6 is 0 Å². The molecule has 3 aromatic rings. The van der Waals surface area contributed by atoms with E-state index in [1.165, 1.54) is 12.7 Å². The van der Waals surface area contributed by atoms with Gasteiger partial charge < -0.3 is 19.7 Å². The number of carbonyl (C=O) groups excluding carboxylic acids is 1. The van der Waals surface area contributed by atoms with Crippen LogP contribution in [0.1, 0.15) is 23.3 Å². The summed E-state index contributed by atoms with van der Waals surface area (Å²) in [4.78, 5) is 27.6. The summed E-state index contributed by atoms with van der Waals surface area (Å²) in [6, 6.07) is 6.55. The molecule has 2 aromatic heterocycles. The number of amides is 1. The summed E-state index contributed by atoms with van der Waals surface area (Å²) in [6.07, 6.45) is 5.36. The van der Waals surface area contributed by atoms with Crippen LogP contribution in [-0.4, -0.2) is 63.2 Å². The van der Waals surface area contributed by atoms with Gasteiger partial charge in [0.05, 0.1) is 11.7 Å². The first kappa shape index (κ1) is 18.2. The van der Waals surface area contributed by atoms with Crippen molar-refractivity contribution in [2.45, 2.75) is 24.9 Å². The maximum absolute atomic E-state index is 12.7. The van der Waals surface area contributed by atoms with Gasteiger partial charge in [-0.1, -0.05) is 0 Å². The Hall–Kier alpha value is -3.20. The molecule has 146 valence electrons. The summed E-state index contributed by atoms with van der Waals surface area (Å²) < 4.78 is 5.32. The first-order valence-electron chi connectivity index (χ1n) is 9.07. The molecule has 5 rings (SSSR count). The third kappa shape index (κ3) is 3.24. The third-order valence-corrected chi connectivity index (χ3v) is 5.59. The second kappa shape index (κ2) is 7.43. The molecule has 2 fully saturated rings. The van der Waals surface area contributed by atoms with Gasteiger partial charge in [-0.15, -0.1) is 0 Å². The molecule has 2 aliphatic rings. The number of carboxylic acid groups (broad SMARTS) is 1. The number of aromatic nitrogens is 3. The van der Waals surface area contributed by atoms with E-state index in [9.17, 15) is 4.79 Å². The lowest BCUT2D eigenvalue weighted by molar-refractivity contribution is -0.122. The standard InChI is InChI=1S/C18H19N5O2.CH2O2/c1-23-9-11-6-12(23)8-14(11)20-17(24)16-13-3-2-10(7-15(13)21-22-16)18-19-4-5-25-18;2-1-3/h2-5,7,11-12,14H,6,8-9H2,1H3,(H,20,24)(H,21,22);1H,(H,2,3). The fraction of sp³-hybridized carbons (Fsp3) is 0.368. The minimum atomic E-state index is -0.250. The van der Waals surface area contributed by atoms with Crippen LogP contribution in [0, 0.1) is 5.92 Å². The van der Waals surface area contributed by atoms with Gasteiger partial charge >= 0.3 is 0 Å². The lowest BCUT2D eigenvalue weighted by Gasteiger charge is -2.28. The van der Waals surface area contributed by atoms with Crippen LogP contribution in [0.5, 0.6) is 0 Å². The Kier molecular flexibility index (Phi) is 4.82. The summed E-state index contributed by atoms with van der Waals surface area (Å²) in [7, 11) is 2.16. The first-order chi connectivity index (χ1) is 13.6. The minimum Gasteiger partial charge on any atom is -0.483 e. The Morgan fingerprint density at radius 3 is 2.89 bits per heavy atom. The molecule has 3 unspecified atom stereocenters. The maximum Gasteiger partial charge on any atom is 0.290 e. The van der Waals surface area contributed by atoms with Gasteiger partial charge in [0.1, 0.15) is 6.26 Å². The normalized spacial score (nSPS) is 23.4. The molecule has 9 nitrogen and oxygen atoms in total. The predicted molar refractivity (Wildman–Crippen MR) is 101 cm³/mol. The maximum atomic E-state index is 12.7. The number of carbonyl (C=O) groups is 2. The number of piperidine rings is 1. The Labute approximate surface area is 160 Å². The molecule has 1 aliphatic heterocycles. The van der Waals surface area contributed by atoms with Crippen molar-refractivity contribution >= 4 is 23.3 Å². The average Bonchev–Trinajstić information content (AvgIpc) is 3.45. The fourth-order valence-electron chi connectivity index (χ4n) is 4.28. The molecule has 3 heterocycles. The molecule has 0 radical (unpaired) electrons. The molecular weight excluding hydrogens is 362 g/mol. The van der Waals surface area contributed by atoms with Gasteiger partial charge in [-0.05, 0) is 44.0 Å². The van der Waals surface area contributed by atoms with E-state index >= 15 is 0 Å². The van der Waals surface area contributed by atoms with Gasteiger partial charge in [0, 0.05) is 29.6 Å². The fourth-order valence-corrected chi connectivity index (χ4v) is 4.28. The van der Waals surface area contributed by atoms with Crippen molar-refractivity contribution in [1.29, 1.82) is 0 Å². The Morgan fingerprint density at radius 2 is 2.25 bits per heavy atom. The second-order valence-electron chi connectivity index (χ2n) is 7.18. The topological polar surface area (TPSA) is 124 Å². The molecule has 3 atom stereocenters. The van der Waals surface area contributed by atoms with Gasteiger partial charge in [0.15, 0.2) is 5.69 Å². The highest BCUT2D eigenvalue weighted by atomic mass is 16.3. The second-order valence-corrected chi connectivity index (χ2v) is 7.18. The number of hydrogen-bond acceptors (Lipinski definition) is 6. The number of aromatic amines is 1.